The molecule has 1 aliphatic carbocycles. The molecule has 9 heteroatoms. The normalized spacial score (nSPS) is 18.9. The Morgan fingerprint density at radius 3 is 2.74 bits per heavy atom. The Kier molecular flexibility index (Phi) is 4.49. The number of carbonyl (C=O) groups is 2. The van der Waals surface area contributed by atoms with Gasteiger partial charge in [-0.3, -0.25) is 9.59 Å². The van der Waals surface area contributed by atoms with E-state index in [0.717, 1.165) is 18.5 Å². The third-order valence-electron chi connectivity index (χ3n) is 5.13. The molecule has 0 bridgehead atoms. The number of nitriles is 1. The number of amides is 2. The van der Waals surface area contributed by atoms with E-state index in [2.05, 4.69) is 26.3 Å². The van der Waals surface area contributed by atoms with Crippen molar-refractivity contribution in [3.8, 4) is 6.07 Å². The fraction of sp³-hybridized carbons (Fsp3) is 0.500. The van der Waals surface area contributed by atoms with Crippen molar-refractivity contribution in [3.05, 3.63) is 23.7 Å². The molecule has 2 aliphatic rings. The SMILES string of the molecule is N#CC1CCN(C(=O)[C@@H](O)NC(=O)c2c[nH]c3ncc(C4CC4)nc23)CC1. The third-order valence-corrected chi connectivity index (χ3v) is 5.13. The highest BCUT2D eigenvalue weighted by Gasteiger charge is 2.30. The number of H-pyrrole nitrogens is 1. The van der Waals surface area contributed by atoms with Gasteiger partial charge in [0.2, 0.25) is 6.23 Å². The van der Waals surface area contributed by atoms with Crippen LogP contribution in [0.5, 0.6) is 0 Å². The summed E-state index contributed by atoms with van der Waals surface area (Å²) in [7, 11) is 0. The average molecular weight is 368 g/mol. The summed E-state index contributed by atoms with van der Waals surface area (Å²) in [5, 5.41) is 21.4. The minimum absolute atomic E-state index is 0.0637. The zero-order chi connectivity index (χ0) is 19.0. The second-order valence-electron chi connectivity index (χ2n) is 7.07. The van der Waals surface area contributed by atoms with Crippen molar-refractivity contribution in [1.29, 1.82) is 5.26 Å². The molecule has 1 atom stereocenters. The average Bonchev–Trinajstić information content (AvgIpc) is 3.46. The van der Waals surface area contributed by atoms with E-state index in [4.69, 9.17) is 5.26 Å². The number of hydrogen-bond donors (Lipinski definition) is 3. The molecule has 9 nitrogen and oxygen atoms in total. The number of fused-ring (bicyclic) bond motifs is 1. The minimum Gasteiger partial charge on any atom is -0.365 e. The molecule has 1 saturated heterocycles. The molecule has 27 heavy (non-hydrogen) atoms. The first-order valence-corrected chi connectivity index (χ1v) is 9.08. The lowest BCUT2D eigenvalue weighted by Gasteiger charge is -2.30. The van der Waals surface area contributed by atoms with Crippen molar-refractivity contribution in [2.45, 2.75) is 37.8 Å². The first-order valence-electron chi connectivity index (χ1n) is 9.08. The molecule has 0 spiro atoms. The molecule has 140 valence electrons. The quantitative estimate of drug-likeness (QED) is 0.678. The lowest BCUT2D eigenvalue weighted by atomic mass is 9.98. The van der Waals surface area contributed by atoms with Crippen LogP contribution >= 0.6 is 0 Å². The van der Waals surface area contributed by atoms with Crippen molar-refractivity contribution in [1.82, 2.24) is 25.2 Å². The van der Waals surface area contributed by atoms with Gasteiger partial charge in [0.1, 0.15) is 5.52 Å². The van der Waals surface area contributed by atoms with Crippen molar-refractivity contribution in [2.75, 3.05) is 13.1 Å². The number of nitrogens with zero attached hydrogens (tertiary/aromatic N) is 4. The van der Waals surface area contributed by atoms with Crippen LogP contribution in [0.4, 0.5) is 0 Å². The topological polar surface area (TPSA) is 135 Å². The highest BCUT2D eigenvalue weighted by atomic mass is 16.3. The largest absolute Gasteiger partial charge is 0.365 e. The Balaban J connectivity index is 1.44. The standard InChI is InChI=1S/C18H20N6O3/c19-7-10-3-5-24(6-4-10)18(27)17(26)23-16(25)12-8-20-15-14(12)22-13(9-21-15)11-1-2-11/h8-11,17,26H,1-6H2,(H,20,21)(H,23,25)/t17-/m1/s1. The zero-order valence-electron chi connectivity index (χ0n) is 14.7. The van der Waals surface area contributed by atoms with Gasteiger partial charge in [-0.05, 0) is 25.7 Å². The number of rotatable bonds is 4. The molecule has 3 heterocycles. The van der Waals surface area contributed by atoms with Gasteiger partial charge in [0, 0.05) is 31.1 Å². The van der Waals surface area contributed by atoms with Crippen LogP contribution in [0.15, 0.2) is 12.4 Å². The van der Waals surface area contributed by atoms with Gasteiger partial charge in [-0.15, -0.1) is 0 Å². The number of aromatic nitrogens is 3. The number of aliphatic hydroxyl groups is 1. The van der Waals surface area contributed by atoms with Crippen molar-refractivity contribution < 1.29 is 14.7 Å². The molecule has 0 radical (unpaired) electrons. The highest BCUT2D eigenvalue weighted by Crippen LogP contribution is 2.39. The van der Waals surface area contributed by atoms with Gasteiger partial charge in [-0.2, -0.15) is 5.26 Å². The molecule has 3 N–H and O–H groups in total. The molecule has 2 aromatic heterocycles. The number of aromatic amines is 1. The second kappa shape index (κ2) is 6.96. The van der Waals surface area contributed by atoms with E-state index >= 15 is 0 Å². The number of likely N-dealkylation sites (tertiary alicyclic amines) is 1. The molecule has 0 unspecified atom stereocenters. The summed E-state index contributed by atoms with van der Waals surface area (Å²) in [5.41, 5.74) is 2.03. The van der Waals surface area contributed by atoms with Crippen LogP contribution in [0.25, 0.3) is 11.2 Å². The first kappa shape index (κ1) is 17.4. The molecular formula is C18H20N6O3. The van der Waals surface area contributed by atoms with E-state index in [-0.39, 0.29) is 11.5 Å². The van der Waals surface area contributed by atoms with Crippen molar-refractivity contribution in [2.24, 2.45) is 5.92 Å². The fourth-order valence-electron chi connectivity index (χ4n) is 3.32. The Morgan fingerprint density at radius 1 is 1.33 bits per heavy atom. The van der Waals surface area contributed by atoms with Gasteiger partial charge >= 0.3 is 0 Å². The maximum absolute atomic E-state index is 12.5. The van der Waals surface area contributed by atoms with Crippen LogP contribution in [0.3, 0.4) is 0 Å². The molecule has 1 saturated carbocycles. The molecular weight excluding hydrogens is 348 g/mol. The summed E-state index contributed by atoms with van der Waals surface area (Å²) in [6.07, 6.45) is 4.84. The highest BCUT2D eigenvalue weighted by molar-refractivity contribution is 6.05. The summed E-state index contributed by atoms with van der Waals surface area (Å²) in [4.78, 5) is 38.1. The van der Waals surface area contributed by atoms with Gasteiger partial charge in [-0.25, -0.2) is 9.97 Å². The number of piperidine rings is 1. The van der Waals surface area contributed by atoms with Gasteiger partial charge in [0.05, 0.1) is 23.5 Å². The van der Waals surface area contributed by atoms with Gasteiger partial charge in [-0.1, -0.05) is 0 Å². The minimum atomic E-state index is -1.64. The summed E-state index contributed by atoms with van der Waals surface area (Å²) < 4.78 is 0. The first-order chi connectivity index (χ1) is 13.1. The van der Waals surface area contributed by atoms with Crippen molar-refractivity contribution >= 4 is 23.0 Å². The van der Waals surface area contributed by atoms with Crippen LogP contribution < -0.4 is 5.32 Å². The van der Waals surface area contributed by atoms with E-state index in [1.54, 1.807) is 6.20 Å². The maximum Gasteiger partial charge on any atom is 0.272 e. The number of carbonyl (C=O) groups excluding carboxylic acids is 2. The number of nitrogens with one attached hydrogen (secondary N) is 2. The molecule has 4 rings (SSSR count). The summed E-state index contributed by atoms with van der Waals surface area (Å²) in [5.74, 6) is -0.817. The fourth-order valence-corrected chi connectivity index (χ4v) is 3.32. The van der Waals surface area contributed by atoms with E-state index in [0.29, 0.717) is 43.0 Å². The van der Waals surface area contributed by atoms with Gasteiger partial charge < -0.3 is 20.3 Å². The number of aliphatic hydroxyl groups excluding tert-OH is 1. The zero-order valence-corrected chi connectivity index (χ0v) is 14.7. The van der Waals surface area contributed by atoms with Gasteiger partial charge in [0.15, 0.2) is 5.65 Å². The Bertz CT molecular complexity index is 921. The van der Waals surface area contributed by atoms with Crippen LogP contribution in [0, 0.1) is 17.2 Å². The second-order valence-corrected chi connectivity index (χ2v) is 7.07. The van der Waals surface area contributed by atoms with E-state index in [9.17, 15) is 14.7 Å². The molecule has 2 aromatic rings. The van der Waals surface area contributed by atoms with Crippen molar-refractivity contribution in [3.63, 3.8) is 0 Å². The molecule has 1 aliphatic heterocycles. The molecule has 0 aromatic carbocycles. The van der Waals surface area contributed by atoms with Gasteiger partial charge in [0.25, 0.3) is 11.8 Å². The lowest BCUT2D eigenvalue weighted by molar-refractivity contribution is -0.142. The number of hydrogen-bond acceptors (Lipinski definition) is 6. The smallest absolute Gasteiger partial charge is 0.272 e. The monoisotopic (exact) mass is 368 g/mol. The Morgan fingerprint density at radius 2 is 2.07 bits per heavy atom. The van der Waals surface area contributed by atoms with Crippen LogP contribution in [-0.2, 0) is 4.79 Å². The van der Waals surface area contributed by atoms with E-state index < -0.39 is 18.0 Å². The Labute approximate surface area is 155 Å². The molecule has 2 fully saturated rings. The lowest BCUT2D eigenvalue weighted by Crippen LogP contribution is -2.50. The maximum atomic E-state index is 12.5. The van der Waals surface area contributed by atoms with E-state index in [1.807, 2.05) is 0 Å². The Hall–Kier alpha value is -2.99. The summed E-state index contributed by atoms with van der Waals surface area (Å²) in [6.45, 7) is 0.792. The van der Waals surface area contributed by atoms with Crippen LogP contribution in [0.2, 0.25) is 0 Å². The summed E-state index contributed by atoms with van der Waals surface area (Å²) >= 11 is 0. The third kappa shape index (κ3) is 3.48. The predicted molar refractivity (Wildman–Crippen MR) is 94.3 cm³/mol. The van der Waals surface area contributed by atoms with Crippen LogP contribution in [0.1, 0.15) is 47.7 Å². The summed E-state index contributed by atoms with van der Waals surface area (Å²) in [6, 6.07) is 2.19. The van der Waals surface area contributed by atoms with Crippen LogP contribution in [-0.4, -0.2) is 56.1 Å². The molecule has 2 amide bonds. The predicted octanol–water partition coefficient (Wildman–Crippen LogP) is 0.646. The van der Waals surface area contributed by atoms with E-state index in [1.165, 1.54) is 11.1 Å².